The highest BCUT2D eigenvalue weighted by atomic mass is 16.3. The van der Waals surface area contributed by atoms with Crippen LogP contribution in [0.5, 0.6) is 0 Å². The predicted molar refractivity (Wildman–Crippen MR) is 209 cm³/mol. The molecule has 5 heteroatoms. The van der Waals surface area contributed by atoms with Crippen molar-refractivity contribution in [1.82, 2.24) is 19.5 Å². The summed E-state index contributed by atoms with van der Waals surface area (Å²) in [6.07, 6.45) is 5.56. The fourth-order valence-electron chi connectivity index (χ4n) is 8.38. The van der Waals surface area contributed by atoms with Gasteiger partial charge in [-0.1, -0.05) is 116 Å². The normalized spacial score (nSPS) is 14.4. The molecule has 0 radical (unpaired) electrons. The number of nitrogens with zero attached hydrogens (tertiary/aromatic N) is 4. The van der Waals surface area contributed by atoms with Crippen LogP contribution in [0.2, 0.25) is 0 Å². The molecule has 1 atom stereocenters. The number of allylic oxidation sites excluding steroid dienone is 1. The molecule has 240 valence electrons. The highest BCUT2D eigenvalue weighted by Gasteiger charge is 2.27. The molecule has 1 unspecified atom stereocenters. The van der Waals surface area contributed by atoms with Crippen LogP contribution in [0.1, 0.15) is 30.4 Å². The van der Waals surface area contributed by atoms with Crippen molar-refractivity contribution in [3.8, 4) is 39.9 Å². The summed E-state index contributed by atoms with van der Waals surface area (Å²) in [5.41, 5.74) is 10.7. The van der Waals surface area contributed by atoms with Gasteiger partial charge in [-0.25, -0.2) is 15.0 Å². The summed E-state index contributed by atoms with van der Waals surface area (Å²) in [4.78, 5) is 15.3. The zero-order chi connectivity index (χ0) is 33.6. The van der Waals surface area contributed by atoms with Crippen molar-refractivity contribution < 1.29 is 4.42 Å². The van der Waals surface area contributed by atoms with Crippen LogP contribution in [-0.4, -0.2) is 19.5 Å². The molecule has 0 fully saturated rings. The van der Waals surface area contributed by atoms with E-state index >= 15 is 0 Å². The predicted octanol–water partition coefficient (Wildman–Crippen LogP) is 12.0. The minimum absolute atomic E-state index is 0.261. The topological polar surface area (TPSA) is 56.7 Å². The van der Waals surface area contributed by atoms with Crippen LogP contribution < -0.4 is 0 Å². The molecule has 0 spiro atoms. The van der Waals surface area contributed by atoms with E-state index in [-0.39, 0.29) is 5.92 Å². The maximum atomic E-state index is 6.67. The number of fused-ring (bicyclic) bond motifs is 1. The van der Waals surface area contributed by atoms with Crippen molar-refractivity contribution in [3.05, 3.63) is 151 Å². The van der Waals surface area contributed by atoms with Gasteiger partial charge in [-0.15, -0.1) is 0 Å². The van der Waals surface area contributed by atoms with Crippen LogP contribution in [0.15, 0.2) is 144 Å². The van der Waals surface area contributed by atoms with Crippen LogP contribution >= 0.6 is 0 Å². The van der Waals surface area contributed by atoms with E-state index in [1.165, 1.54) is 32.7 Å². The van der Waals surface area contributed by atoms with Crippen molar-refractivity contribution in [2.45, 2.75) is 19.3 Å². The number of hydrogen-bond acceptors (Lipinski definition) is 4. The lowest BCUT2D eigenvalue weighted by atomic mass is 9.83. The molecule has 0 N–H and O–H groups in total. The standard InChI is InChI=1S/C46H30N4O/c1-27-11-8-18-32-34(26-23-33(39(27)32)46-48-44(30-12-4-2-5-13-30)47-45(49-46)31-14-6-3-7-15-31)50-35-24-21-28-16-9-19-37-40(28)42(35)43-36(50)25-22-29-17-10-20-38(51-37)41(29)43/h2-10,12-27H,11H2,1H3. The number of hydrogen-bond donors (Lipinski definition) is 0. The molecule has 3 aromatic heterocycles. The Bertz CT molecular complexity index is 2850. The van der Waals surface area contributed by atoms with Crippen molar-refractivity contribution in [2.24, 2.45) is 0 Å². The Labute approximate surface area is 293 Å². The highest BCUT2D eigenvalue weighted by Crippen LogP contribution is 2.47. The molecule has 51 heavy (non-hydrogen) atoms. The SMILES string of the molecule is CC1CC=Cc2c(-n3c4ccc5cccc6oc7cccc8ccc3c(c87)c4c56)ccc(-c3nc(-c4ccccc4)nc(-c4ccccc4)n3)c21. The molecule has 3 heterocycles. The van der Waals surface area contributed by atoms with E-state index in [4.69, 9.17) is 19.4 Å². The molecule has 11 rings (SSSR count). The molecule has 1 aliphatic rings. The van der Waals surface area contributed by atoms with Crippen LogP contribution in [-0.2, 0) is 0 Å². The molecule has 5 nitrogen and oxygen atoms in total. The van der Waals surface area contributed by atoms with Crippen molar-refractivity contribution in [1.29, 1.82) is 0 Å². The van der Waals surface area contributed by atoms with Crippen molar-refractivity contribution in [3.63, 3.8) is 0 Å². The van der Waals surface area contributed by atoms with E-state index in [0.29, 0.717) is 17.5 Å². The molecule has 0 aliphatic heterocycles. The number of benzene rings is 7. The average Bonchev–Trinajstić information content (AvgIpc) is 3.44. The van der Waals surface area contributed by atoms with Crippen molar-refractivity contribution >= 4 is 60.6 Å². The third-order valence-electron chi connectivity index (χ3n) is 10.6. The fraction of sp³-hybridized carbons (Fsp3) is 0.0652. The van der Waals surface area contributed by atoms with Gasteiger partial charge in [-0.05, 0) is 65.1 Å². The maximum absolute atomic E-state index is 6.67. The van der Waals surface area contributed by atoms with Gasteiger partial charge in [-0.2, -0.15) is 0 Å². The van der Waals surface area contributed by atoms with Gasteiger partial charge in [-0.3, -0.25) is 0 Å². The summed E-state index contributed by atoms with van der Waals surface area (Å²) in [7, 11) is 0. The van der Waals surface area contributed by atoms with Crippen molar-refractivity contribution in [2.75, 3.05) is 0 Å². The first-order valence-electron chi connectivity index (χ1n) is 17.5. The molecule has 10 aromatic rings. The molecular weight excluding hydrogens is 625 g/mol. The molecule has 0 bridgehead atoms. The Kier molecular flexibility index (Phi) is 5.93. The summed E-state index contributed by atoms with van der Waals surface area (Å²) in [6.45, 7) is 2.31. The van der Waals surface area contributed by atoms with E-state index in [0.717, 1.165) is 61.8 Å². The second-order valence-corrected chi connectivity index (χ2v) is 13.6. The number of aromatic nitrogens is 4. The molecule has 0 amide bonds. The Balaban J connectivity index is 1.22. The minimum atomic E-state index is 0.261. The Morgan fingerprint density at radius 1 is 0.549 bits per heavy atom. The average molecular weight is 655 g/mol. The molecule has 0 saturated heterocycles. The zero-order valence-electron chi connectivity index (χ0n) is 27.8. The molecule has 1 aliphatic carbocycles. The Morgan fingerprint density at radius 3 is 1.71 bits per heavy atom. The monoisotopic (exact) mass is 654 g/mol. The van der Waals surface area contributed by atoms with E-state index in [1.54, 1.807) is 0 Å². The van der Waals surface area contributed by atoms with Gasteiger partial charge in [0.1, 0.15) is 11.2 Å². The summed E-state index contributed by atoms with van der Waals surface area (Å²) < 4.78 is 9.14. The largest absolute Gasteiger partial charge is 0.456 e. The van der Waals surface area contributed by atoms with Gasteiger partial charge >= 0.3 is 0 Å². The first-order chi connectivity index (χ1) is 25.2. The van der Waals surface area contributed by atoms with Gasteiger partial charge in [0, 0.05) is 43.8 Å². The first kappa shape index (κ1) is 28.3. The third-order valence-corrected chi connectivity index (χ3v) is 10.6. The lowest BCUT2D eigenvalue weighted by Gasteiger charge is -2.25. The van der Waals surface area contributed by atoms with Crippen LogP contribution in [0, 0.1) is 0 Å². The first-order valence-corrected chi connectivity index (χ1v) is 17.5. The number of rotatable bonds is 4. The second kappa shape index (κ2) is 10.7. The Morgan fingerprint density at radius 2 is 1.12 bits per heavy atom. The second-order valence-electron chi connectivity index (χ2n) is 13.6. The zero-order valence-corrected chi connectivity index (χ0v) is 27.8. The third kappa shape index (κ3) is 4.12. The Hall–Kier alpha value is -6.59. The van der Waals surface area contributed by atoms with E-state index in [1.807, 2.05) is 36.4 Å². The van der Waals surface area contributed by atoms with Gasteiger partial charge in [0.25, 0.3) is 0 Å². The molecule has 7 aromatic carbocycles. The summed E-state index contributed by atoms with van der Waals surface area (Å²) in [5.74, 6) is 2.28. The van der Waals surface area contributed by atoms with Crippen LogP contribution in [0.3, 0.4) is 0 Å². The van der Waals surface area contributed by atoms with E-state index < -0.39 is 0 Å². The van der Waals surface area contributed by atoms with Crippen LogP contribution in [0.4, 0.5) is 0 Å². The molecule has 0 saturated carbocycles. The molecular formula is C46H30N4O. The van der Waals surface area contributed by atoms with Crippen LogP contribution in [0.25, 0.3) is 100 Å². The quantitative estimate of drug-likeness (QED) is 0.189. The summed E-state index contributed by atoms with van der Waals surface area (Å²) >= 11 is 0. The lowest BCUT2D eigenvalue weighted by molar-refractivity contribution is 0.664. The van der Waals surface area contributed by atoms with Gasteiger partial charge in [0.15, 0.2) is 17.5 Å². The summed E-state index contributed by atoms with van der Waals surface area (Å²) in [5, 5.41) is 7.13. The van der Waals surface area contributed by atoms with E-state index in [2.05, 4.69) is 121 Å². The van der Waals surface area contributed by atoms with Gasteiger partial charge < -0.3 is 8.98 Å². The lowest BCUT2D eigenvalue weighted by Crippen LogP contribution is -2.10. The fourth-order valence-corrected chi connectivity index (χ4v) is 8.38. The maximum Gasteiger partial charge on any atom is 0.164 e. The van der Waals surface area contributed by atoms with Gasteiger partial charge in [0.05, 0.1) is 16.7 Å². The summed E-state index contributed by atoms with van der Waals surface area (Å²) in [6, 6.07) is 46.6. The smallest absolute Gasteiger partial charge is 0.164 e. The minimum Gasteiger partial charge on any atom is -0.456 e. The van der Waals surface area contributed by atoms with Gasteiger partial charge in [0.2, 0.25) is 0 Å². The van der Waals surface area contributed by atoms with E-state index in [9.17, 15) is 0 Å². The highest BCUT2D eigenvalue weighted by molar-refractivity contribution is 6.33.